The molecule has 1 amide bonds. The second-order valence-electron chi connectivity index (χ2n) is 6.64. The number of alkyl halides is 3. The van der Waals surface area contributed by atoms with Gasteiger partial charge in [0.15, 0.2) is 0 Å². The van der Waals surface area contributed by atoms with Crippen molar-refractivity contribution >= 4 is 32.7 Å². The quantitative estimate of drug-likeness (QED) is 0.432. The molecule has 0 radical (unpaired) electrons. The molecule has 1 atom stereocenters. The number of aromatic nitrogens is 1. The van der Waals surface area contributed by atoms with E-state index in [0.29, 0.717) is 26.7 Å². The number of amides is 1. The Hall–Kier alpha value is -2.46. The third kappa shape index (κ3) is 4.81. The third-order valence-electron chi connectivity index (χ3n) is 4.58. The van der Waals surface area contributed by atoms with E-state index in [9.17, 15) is 26.7 Å². The molecule has 0 unspecified atom stereocenters. The maximum atomic E-state index is 14.4. The number of hydrogen-bond acceptors (Lipinski definition) is 2. The van der Waals surface area contributed by atoms with Crippen molar-refractivity contribution < 1.29 is 31.9 Å². The van der Waals surface area contributed by atoms with E-state index in [1.54, 1.807) is 11.4 Å². The molecule has 0 saturated heterocycles. The lowest BCUT2D eigenvalue weighted by molar-refractivity contribution is -0.168. The van der Waals surface area contributed by atoms with E-state index in [2.05, 4.69) is 20.9 Å². The fourth-order valence-electron chi connectivity index (χ4n) is 3.13. The van der Waals surface area contributed by atoms with Crippen LogP contribution < -0.4 is 5.32 Å². The molecule has 0 aliphatic carbocycles. The lowest BCUT2D eigenvalue weighted by atomic mass is 10.0. The molecule has 1 aromatic heterocycles. The Morgan fingerprint density at radius 3 is 2.43 bits per heavy atom. The Bertz CT molecular complexity index is 1060. The molecule has 3 N–H and O–H groups in total. The Labute approximate surface area is 176 Å². The number of rotatable bonds is 6. The summed E-state index contributed by atoms with van der Waals surface area (Å²) in [6.45, 7) is -1.28. The van der Waals surface area contributed by atoms with Crippen LogP contribution in [0.25, 0.3) is 22.2 Å². The summed E-state index contributed by atoms with van der Waals surface area (Å²) < 4.78 is 66.4. The number of carbonyl (C=O) groups excluding carboxylic acids is 1. The molecule has 10 heteroatoms. The highest BCUT2D eigenvalue weighted by molar-refractivity contribution is 9.10. The molecular weight excluding hydrogens is 475 g/mol. The molecular formula is C20H16BrF5N2O2. The van der Waals surface area contributed by atoms with Crippen LogP contribution in [0.2, 0.25) is 0 Å². The van der Waals surface area contributed by atoms with Gasteiger partial charge < -0.3 is 15.4 Å². The van der Waals surface area contributed by atoms with Gasteiger partial charge in [0, 0.05) is 22.0 Å². The molecule has 0 aliphatic rings. The molecule has 0 fully saturated rings. The van der Waals surface area contributed by atoms with Crippen molar-refractivity contribution in [1.82, 2.24) is 10.3 Å². The molecule has 0 saturated carbocycles. The first-order chi connectivity index (χ1) is 14.1. The molecule has 30 heavy (non-hydrogen) atoms. The number of aliphatic hydroxyl groups excluding tert-OH is 1. The average Bonchev–Trinajstić information content (AvgIpc) is 3.02. The lowest BCUT2D eigenvalue weighted by Gasteiger charge is -2.19. The second kappa shape index (κ2) is 8.73. The zero-order chi connectivity index (χ0) is 22.1. The van der Waals surface area contributed by atoms with E-state index in [-0.39, 0.29) is 18.4 Å². The Balaban J connectivity index is 1.94. The number of nitrogens with one attached hydrogen (secondary N) is 2. The molecule has 0 aliphatic heterocycles. The highest BCUT2D eigenvalue weighted by atomic mass is 79.9. The van der Waals surface area contributed by atoms with Gasteiger partial charge in [-0.3, -0.25) is 4.79 Å². The highest BCUT2D eigenvalue weighted by Gasteiger charge is 2.40. The van der Waals surface area contributed by atoms with E-state index < -0.39 is 36.4 Å². The van der Waals surface area contributed by atoms with Crippen LogP contribution in [0.15, 0.2) is 40.9 Å². The number of fused-ring (bicyclic) bond motifs is 1. The summed E-state index contributed by atoms with van der Waals surface area (Å²) >= 11 is 3.20. The fourth-order valence-corrected chi connectivity index (χ4v) is 3.56. The van der Waals surface area contributed by atoms with Crippen LogP contribution in [0.5, 0.6) is 0 Å². The van der Waals surface area contributed by atoms with Crippen LogP contribution >= 0.6 is 15.9 Å². The SMILES string of the molecule is O=C(CCc1c(-c2ccc(F)cc2)[nH]c2c(F)cc(Br)cc12)N[C@H](CO)C(F)(F)F. The molecule has 4 nitrogen and oxygen atoms in total. The number of aliphatic hydroxyl groups is 1. The molecule has 0 bridgehead atoms. The monoisotopic (exact) mass is 490 g/mol. The first kappa shape index (κ1) is 22.2. The third-order valence-corrected chi connectivity index (χ3v) is 5.04. The van der Waals surface area contributed by atoms with E-state index in [1.807, 2.05) is 0 Å². The van der Waals surface area contributed by atoms with Gasteiger partial charge in [0.2, 0.25) is 5.91 Å². The van der Waals surface area contributed by atoms with Crippen molar-refractivity contribution in [3.63, 3.8) is 0 Å². The van der Waals surface area contributed by atoms with Gasteiger partial charge in [0.1, 0.15) is 17.7 Å². The molecule has 160 valence electrons. The van der Waals surface area contributed by atoms with Crippen molar-refractivity contribution in [2.75, 3.05) is 6.61 Å². The average molecular weight is 491 g/mol. The van der Waals surface area contributed by atoms with Crippen molar-refractivity contribution in [3.8, 4) is 11.3 Å². The van der Waals surface area contributed by atoms with Crippen molar-refractivity contribution in [3.05, 3.63) is 58.1 Å². The van der Waals surface area contributed by atoms with Crippen molar-refractivity contribution in [2.24, 2.45) is 0 Å². The zero-order valence-corrected chi connectivity index (χ0v) is 16.9. The molecule has 2 aromatic carbocycles. The van der Waals surface area contributed by atoms with Gasteiger partial charge in [-0.15, -0.1) is 0 Å². The summed E-state index contributed by atoms with van der Waals surface area (Å²) in [6, 6.07) is 5.90. The van der Waals surface area contributed by atoms with E-state index in [0.717, 1.165) is 0 Å². The Morgan fingerprint density at radius 1 is 1.17 bits per heavy atom. The van der Waals surface area contributed by atoms with Crippen LogP contribution in [0.3, 0.4) is 0 Å². The molecule has 3 rings (SSSR count). The van der Waals surface area contributed by atoms with Gasteiger partial charge in [-0.25, -0.2) is 8.78 Å². The van der Waals surface area contributed by atoms with Gasteiger partial charge >= 0.3 is 6.18 Å². The fraction of sp³-hybridized carbons (Fsp3) is 0.250. The van der Waals surface area contributed by atoms with Crippen LogP contribution in [0.4, 0.5) is 22.0 Å². The van der Waals surface area contributed by atoms with E-state index in [4.69, 9.17) is 5.11 Å². The minimum Gasteiger partial charge on any atom is -0.394 e. The largest absolute Gasteiger partial charge is 0.410 e. The van der Waals surface area contributed by atoms with Crippen LogP contribution in [-0.2, 0) is 11.2 Å². The number of halogens is 6. The van der Waals surface area contributed by atoms with E-state index >= 15 is 0 Å². The zero-order valence-electron chi connectivity index (χ0n) is 15.3. The summed E-state index contributed by atoms with van der Waals surface area (Å²) in [6.07, 6.45) is -5.12. The van der Waals surface area contributed by atoms with E-state index in [1.165, 1.54) is 30.3 Å². The second-order valence-corrected chi connectivity index (χ2v) is 7.56. The highest BCUT2D eigenvalue weighted by Crippen LogP contribution is 2.34. The number of carbonyl (C=O) groups is 1. The number of aromatic amines is 1. The predicted molar refractivity (Wildman–Crippen MR) is 105 cm³/mol. The summed E-state index contributed by atoms with van der Waals surface area (Å²) in [5, 5.41) is 11.1. The molecule has 0 spiro atoms. The van der Waals surface area contributed by atoms with Crippen LogP contribution in [-0.4, -0.2) is 34.8 Å². The molecule has 3 aromatic rings. The summed E-state index contributed by atoms with van der Waals surface area (Å²) in [5.74, 6) is -1.94. The van der Waals surface area contributed by atoms with Crippen LogP contribution in [0, 0.1) is 11.6 Å². The maximum Gasteiger partial charge on any atom is 0.410 e. The number of H-pyrrole nitrogens is 1. The smallest absolute Gasteiger partial charge is 0.394 e. The van der Waals surface area contributed by atoms with Gasteiger partial charge in [0.25, 0.3) is 0 Å². The Kier molecular flexibility index (Phi) is 6.47. The predicted octanol–water partition coefficient (Wildman–Crippen LogP) is 4.85. The molecule has 1 heterocycles. The topological polar surface area (TPSA) is 65.1 Å². The minimum atomic E-state index is -4.78. The van der Waals surface area contributed by atoms with Gasteiger partial charge in [-0.1, -0.05) is 15.9 Å². The van der Waals surface area contributed by atoms with Crippen LogP contribution in [0.1, 0.15) is 12.0 Å². The van der Waals surface area contributed by atoms with Crippen molar-refractivity contribution in [2.45, 2.75) is 25.1 Å². The van der Waals surface area contributed by atoms with Gasteiger partial charge in [0.05, 0.1) is 12.1 Å². The number of hydrogen-bond donors (Lipinski definition) is 3. The Morgan fingerprint density at radius 2 is 1.83 bits per heavy atom. The summed E-state index contributed by atoms with van der Waals surface area (Å²) in [5.41, 5.74) is 1.63. The first-order valence-corrected chi connectivity index (χ1v) is 9.62. The lowest BCUT2D eigenvalue weighted by Crippen LogP contribution is -2.47. The van der Waals surface area contributed by atoms with Gasteiger partial charge in [-0.05, 0) is 53.9 Å². The normalized spacial score (nSPS) is 12.9. The number of aryl methyl sites for hydroxylation is 1. The maximum absolute atomic E-state index is 14.4. The van der Waals surface area contributed by atoms with Gasteiger partial charge in [-0.2, -0.15) is 13.2 Å². The van der Waals surface area contributed by atoms with Crippen molar-refractivity contribution in [1.29, 1.82) is 0 Å². The summed E-state index contributed by atoms with van der Waals surface area (Å²) in [4.78, 5) is 15.0. The first-order valence-electron chi connectivity index (χ1n) is 8.82. The minimum absolute atomic E-state index is 0.00948. The number of benzene rings is 2. The standard InChI is InChI=1S/C20H16BrF5N2O2/c21-11-7-14-13(5-6-17(30)27-16(9-29)20(24,25)26)18(28-19(14)15(23)8-11)10-1-3-12(22)4-2-10/h1-4,7-8,16,28-29H,5-6,9H2,(H,27,30)/t16-/m1/s1. The summed E-state index contributed by atoms with van der Waals surface area (Å²) in [7, 11) is 0.